The summed E-state index contributed by atoms with van der Waals surface area (Å²) in [6.45, 7) is 0. The van der Waals surface area contributed by atoms with Gasteiger partial charge in [-0.1, -0.05) is 23.2 Å². The van der Waals surface area contributed by atoms with E-state index in [4.69, 9.17) is 23.2 Å². The van der Waals surface area contributed by atoms with Gasteiger partial charge in [0.1, 0.15) is 17.2 Å². The molecule has 28 heavy (non-hydrogen) atoms. The van der Waals surface area contributed by atoms with Gasteiger partial charge in [0, 0.05) is 35.7 Å². The van der Waals surface area contributed by atoms with Gasteiger partial charge in [-0.3, -0.25) is 9.20 Å². The van der Waals surface area contributed by atoms with Gasteiger partial charge in [0.2, 0.25) is 5.78 Å². The number of benzene rings is 2. The molecular formula is C20H13Cl2FN4O. The van der Waals surface area contributed by atoms with E-state index in [9.17, 15) is 9.18 Å². The van der Waals surface area contributed by atoms with Crippen LogP contribution in [0.2, 0.25) is 10.0 Å². The number of anilines is 1. The van der Waals surface area contributed by atoms with E-state index in [-0.39, 0.29) is 11.7 Å². The molecule has 0 N–H and O–H groups in total. The molecule has 0 bridgehead atoms. The summed E-state index contributed by atoms with van der Waals surface area (Å²) in [6.07, 6.45) is 3.29. The van der Waals surface area contributed by atoms with Gasteiger partial charge in [0.15, 0.2) is 0 Å². The number of hydrogen-bond acceptors (Lipinski definition) is 3. The third-order valence-corrected chi connectivity index (χ3v) is 4.86. The Bertz CT molecular complexity index is 1190. The molecule has 2 heterocycles. The summed E-state index contributed by atoms with van der Waals surface area (Å²) in [5.74, 6) is -0.357. The highest BCUT2D eigenvalue weighted by atomic mass is 35.5. The van der Waals surface area contributed by atoms with Crippen LogP contribution < -0.4 is 4.90 Å². The molecule has 2 aromatic heterocycles. The van der Waals surface area contributed by atoms with E-state index in [0.29, 0.717) is 38.5 Å². The lowest BCUT2D eigenvalue weighted by molar-refractivity contribution is 0.0988. The van der Waals surface area contributed by atoms with Gasteiger partial charge >= 0.3 is 0 Å². The van der Waals surface area contributed by atoms with Gasteiger partial charge in [-0.15, -0.1) is 0 Å². The Kier molecular flexibility index (Phi) is 4.75. The van der Waals surface area contributed by atoms with Crippen molar-refractivity contribution in [3.63, 3.8) is 0 Å². The zero-order valence-corrected chi connectivity index (χ0v) is 16.1. The molecule has 8 heteroatoms. The van der Waals surface area contributed by atoms with Crippen molar-refractivity contribution >= 4 is 40.6 Å². The minimum Gasteiger partial charge on any atom is -0.310 e. The van der Waals surface area contributed by atoms with E-state index in [1.807, 2.05) is 0 Å². The van der Waals surface area contributed by atoms with Crippen LogP contribution in [0, 0.1) is 5.82 Å². The third-order valence-electron chi connectivity index (χ3n) is 4.31. The Morgan fingerprint density at radius 2 is 1.89 bits per heavy atom. The van der Waals surface area contributed by atoms with Crippen LogP contribution in [0.5, 0.6) is 0 Å². The zero-order valence-electron chi connectivity index (χ0n) is 14.6. The van der Waals surface area contributed by atoms with Crippen LogP contribution in [0.15, 0.2) is 60.9 Å². The SMILES string of the molecule is CN(C(=O)c1c(-c2ccc(Cl)cc2Cl)nc2ncccn12)c1ccc(F)cc1. The van der Waals surface area contributed by atoms with E-state index in [0.717, 1.165) is 0 Å². The predicted octanol–water partition coefficient (Wildman–Crippen LogP) is 5.12. The minimum absolute atomic E-state index is 0.291. The molecule has 0 radical (unpaired) electrons. The molecule has 0 aliphatic heterocycles. The molecule has 0 aliphatic carbocycles. The highest BCUT2D eigenvalue weighted by Gasteiger charge is 2.26. The summed E-state index contributed by atoms with van der Waals surface area (Å²) in [5.41, 5.74) is 1.78. The molecule has 0 aliphatic rings. The third kappa shape index (κ3) is 3.21. The Morgan fingerprint density at radius 1 is 1.14 bits per heavy atom. The lowest BCUT2D eigenvalue weighted by Gasteiger charge is -2.18. The minimum atomic E-state index is -0.378. The maximum Gasteiger partial charge on any atom is 0.277 e. The maximum absolute atomic E-state index is 13.4. The first kappa shape index (κ1) is 18.4. The quantitative estimate of drug-likeness (QED) is 0.467. The molecular weight excluding hydrogens is 402 g/mol. The van der Waals surface area contributed by atoms with Crippen LogP contribution in [0.3, 0.4) is 0 Å². The highest BCUT2D eigenvalue weighted by Crippen LogP contribution is 2.33. The van der Waals surface area contributed by atoms with Crippen molar-refractivity contribution in [2.45, 2.75) is 0 Å². The molecule has 0 atom stereocenters. The van der Waals surface area contributed by atoms with Crippen LogP contribution in [-0.4, -0.2) is 27.3 Å². The number of halogens is 3. The average molecular weight is 415 g/mol. The van der Waals surface area contributed by atoms with Crippen molar-refractivity contribution < 1.29 is 9.18 Å². The summed E-state index contributed by atoms with van der Waals surface area (Å²) >= 11 is 12.4. The summed E-state index contributed by atoms with van der Waals surface area (Å²) in [6, 6.07) is 12.3. The number of rotatable bonds is 3. The second-order valence-corrected chi connectivity index (χ2v) is 6.91. The molecule has 4 aromatic rings. The van der Waals surface area contributed by atoms with Gasteiger partial charge in [-0.05, 0) is 48.5 Å². The predicted molar refractivity (Wildman–Crippen MR) is 108 cm³/mol. The molecule has 140 valence electrons. The molecule has 0 saturated heterocycles. The fourth-order valence-corrected chi connectivity index (χ4v) is 3.40. The molecule has 1 amide bonds. The first-order chi connectivity index (χ1) is 13.5. The van der Waals surface area contributed by atoms with Gasteiger partial charge < -0.3 is 4.90 Å². The molecule has 0 unspecified atom stereocenters. The first-order valence-electron chi connectivity index (χ1n) is 8.28. The van der Waals surface area contributed by atoms with Crippen LogP contribution in [0.25, 0.3) is 17.0 Å². The molecule has 0 fully saturated rings. The van der Waals surface area contributed by atoms with E-state index < -0.39 is 0 Å². The van der Waals surface area contributed by atoms with Crippen LogP contribution in [0.1, 0.15) is 10.5 Å². The van der Waals surface area contributed by atoms with Crippen molar-refractivity contribution in [1.82, 2.24) is 14.4 Å². The highest BCUT2D eigenvalue weighted by molar-refractivity contribution is 6.36. The zero-order chi connectivity index (χ0) is 19.8. The van der Waals surface area contributed by atoms with Crippen molar-refractivity contribution in [2.24, 2.45) is 0 Å². The van der Waals surface area contributed by atoms with Crippen LogP contribution in [0.4, 0.5) is 10.1 Å². The van der Waals surface area contributed by atoms with Crippen LogP contribution >= 0.6 is 23.2 Å². The second kappa shape index (κ2) is 7.22. The number of amides is 1. The average Bonchev–Trinajstić information content (AvgIpc) is 3.06. The molecule has 0 spiro atoms. The second-order valence-electron chi connectivity index (χ2n) is 6.06. The number of hydrogen-bond donors (Lipinski definition) is 0. The fraction of sp³-hybridized carbons (Fsp3) is 0.0500. The molecule has 0 saturated carbocycles. The summed E-state index contributed by atoms with van der Waals surface area (Å²) in [4.78, 5) is 23.5. The summed E-state index contributed by atoms with van der Waals surface area (Å²) in [5, 5.41) is 0.848. The number of fused-ring (bicyclic) bond motifs is 1. The largest absolute Gasteiger partial charge is 0.310 e. The smallest absolute Gasteiger partial charge is 0.277 e. The van der Waals surface area contributed by atoms with E-state index in [1.165, 1.54) is 29.2 Å². The topological polar surface area (TPSA) is 50.5 Å². The molecule has 5 nitrogen and oxygen atoms in total. The number of carbonyl (C=O) groups is 1. The van der Waals surface area contributed by atoms with Crippen molar-refractivity contribution in [3.8, 4) is 11.3 Å². The lowest BCUT2D eigenvalue weighted by Crippen LogP contribution is -2.28. The van der Waals surface area contributed by atoms with Gasteiger partial charge in [-0.25, -0.2) is 14.4 Å². The Balaban J connectivity index is 1.89. The lowest BCUT2D eigenvalue weighted by atomic mass is 10.1. The molecule has 2 aromatic carbocycles. The van der Waals surface area contributed by atoms with E-state index >= 15 is 0 Å². The normalized spacial score (nSPS) is 11.0. The van der Waals surface area contributed by atoms with Crippen LogP contribution in [-0.2, 0) is 0 Å². The number of imidazole rings is 1. The van der Waals surface area contributed by atoms with Gasteiger partial charge in [0.25, 0.3) is 5.91 Å². The van der Waals surface area contributed by atoms with Crippen molar-refractivity contribution in [3.05, 3.63) is 82.5 Å². The van der Waals surface area contributed by atoms with Gasteiger partial charge in [-0.2, -0.15) is 0 Å². The Labute approximate surface area is 170 Å². The first-order valence-corrected chi connectivity index (χ1v) is 9.03. The monoisotopic (exact) mass is 414 g/mol. The standard InChI is InChI=1S/C20H13Cl2FN4O/c1-26(14-6-4-13(23)5-7-14)19(28)18-17(15-8-3-12(21)11-16(15)22)25-20-24-9-2-10-27(18)20/h2-11H,1H3. The van der Waals surface area contributed by atoms with E-state index in [2.05, 4.69) is 9.97 Å². The van der Waals surface area contributed by atoms with E-state index in [1.54, 1.807) is 48.1 Å². The maximum atomic E-state index is 13.4. The Morgan fingerprint density at radius 3 is 2.61 bits per heavy atom. The number of nitrogens with zero attached hydrogens (tertiary/aromatic N) is 4. The summed E-state index contributed by atoms with van der Waals surface area (Å²) < 4.78 is 14.8. The van der Waals surface area contributed by atoms with Gasteiger partial charge in [0.05, 0.1) is 5.02 Å². The number of aromatic nitrogens is 3. The van der Waals surface area contributed by atoms with Crippen molar-refractivity contribution in [2.75, 3.05) is 11.9 Å². The van der Waals surface area contributed by atoms with Crippen molar-refractivity contribution in [1.29, 1.82) is 0 Å². The Hall–Kier alpha value is -2.96. The molecule has 4 rings (SSSR count). The number of carbonyl (C=O) groups excluding carboxylic acids is 1. The summed E-state index contributed by atoms with van der Waals surface area (Å²) in [7, 11) is 1.61. The fourth-order valence-electron chi connectivity index (χ4n) is 2.90.